The monoisotopic (exact) mass is 251 g/mol. The van der Waals surface area contributed by atoms with E-state index in [1.165, 1.54) is 11.8 Å². The van der Waals surface area contributed by atoms with Crippen LogP contribution >= 0.6 is 23.4 Å². The molecule has 0 N–H and O–H groups in total. The predicted octanol–water partition coefficient (Wildman–Crippen LogP) is 3.29. The van der Waals surface area contributed by atoms with Gasteiger partial charge in [-0.05, 0) is 42.8 Å². The Morgan fingerprint density at radius 2 is 1.75 bits per heavy atom. The molecule has 0 amide bonds. The third-order valence-corrected chi connectivity index (χ3v) is 3.24. The molecule has 0 unspecified atom stereocenters. The molecule has 16 heavy (non-hydrogen) atoms. The Balaban J connectivity index is 2.26. The Hall–Kier alpha value is -1.13. The predicted molar refractivity (Wildman–Crippen MR) is 64.9 cm³/mol. The van der Waals surface area contributed by atoms with Crippen LogP contribution in [0.25, 0.3) is 0 Å². The van der Waals surface area contributed by atoms with Crippen LogP contribution in [0.4, 0.5) is 0 Å². The molecule has 82 valence electrons. The maximum atomic E-state index is 5.84. The summed E-state index contributed by atoms with van der Waals surface area (Å²) in [7, 11) is 0. The molecule has 0 aromatic carbocycles. The van der Waals surface area contributed by atoms with Crippen LogP contribution in [0.3, 0.4) is 0 Å². The lowest BCUT2D eigenvalue weighted by atomic mass is 10.3. The molecule has 0 aliphatic heterocycles. The molecule has 3 nitrogen and oxygen atoms in total. The first-order valence-electron chi connectivity index (χ1n) is 4.74. The van der Waals surface area contributed by atoms with Crippen molar-refractivity contribution >= 4 is 23.4 Å². The van der Waals surface area contributed by atoms with Crippen LogP contribution in [0, 0.1) is 13.8 Å². The summed E-state index contributed by atoms with van der Waals surface area (Å²) in [6.07, 6.45) is 5.35. The summed E-state index contributed by atoms with van der Waals surface area (Å²) in [6, 6.07) is 1.82. The van der Waals surface area contributed by atoms with Gasteiger partial charge in [0.25, 0.3) is 0 Å². The van der Waals surface area contributed by atoms with Crippen molar-refractivity contribution < 1.29 is 0 Å². The summed E-state index contributed by atoms with van der Waals surface area (Å²) in [5, 5.41) is 1.20. The Labute approximate surface area is 103 Å². The first kappa shape index (κ1) is 11.4. The fraction of sp³-hybridized carbons (Fsp3) is 0.182. The van der Waals surface area contributed by atoms with E-state index in [2.05, 4.69) is 15.0 Å². The molecule has 0 bridgehead atoms. The van der Waals surface area contributed by atoms with E-state index in [1.807, 2.05) is 19.9 Å². The van der Waals surface area contributed by atoms with Crippen molar-refractivity contribution in [3.05, 3.63) is 40.9 Å². The molecule has 5 heteroatoms. The normalized spacial score (nSPS) is 10.4. The minimum absolute atomic E-state index is 0.486. The number of hydrogen-bond acceptors (Lipinski definition) is 4. The molecule has 0 saturated heterocycles. The van der Waals surface area contributed by atoms with Gasteiger partial charge < -0.3 is 0 Å². The van der Waals surface area contributed by atoms with E-state index >= 15 is 0 Å². The van der Waals surface area contributed by atoms with Gasteiger partial charge in [0, 0.05) is 23.5 Å². The van der Waals surface area contributed by atoms with Crippen LogP contribution < -0.4 is 0 Å². The van der Waals surface area contributed by atoms with Crippen LogP contribution in [0.1, 0.15) is 11.1 Å². The van der Waals surface area contributed by atoms with Gasteiger partial charge >= 0.3 is 0 Å². The second-order valence-electron chi connectivity index (χ2n) is 3.42. The summed E-state index contributed by atoms with van der Waals surface area (Å²) in [4.78, 5) is 13.5. The molecule has 0 radical (unpaired) electrons. The molecule has 0 saturated carbocycles. The maximum absolute atomic E-state index is 5.84. The van der Waals surface area contributed by atoms with E-state index in [4.69, 9.17) is 11.6 Å². The van der Waals surface area contributed by atoms with E-state index in [9.17, 15) is 0 Å². The number of nitrogens with zero attached hydrogens (tertiary/aromatic N) is 3. The first-order valence-corrected chi connectivity index (χ1v) is 5.93. The summed E-state index contributed by atoms with van der Waals surface area (Å²) >= 11 is 7.33. The molecule has 0 atom stereocenters. The van der Waals surface area contributed by atoms with E-state index < -0.39 is 0 Å². The molecule has 0 aliphatic rings. The molecule has 2 aromatic rings. The minimum atomic E-state index is 0.486. The number of rotatable bonds is 2. The van der Waals surface area contributed by atoms with Crippen LogP contribution in [0.5, 0.6) is 0 Å². The minimum Gasteiger partial charge on any atom is -0.244 e. The van der Waals surface area contributed by atoms with Crippen molar-refractivity contribution in [2.24, 2.45) is 0 Å². The Morgan fingerprint density at radius 3 is 2.44 bits per heavy atom. The fourth-order valence-corrected chi connectivity index (χ4v) is 2.14. The maximum Gasteiger partial charge on any atom is 0.192 e. The van der Waals surface area contributed by atoms with Gasteiger partial charge in [-0.25, -0.2) is 15.0 Å². The molecule has 2 aromatic heterocycles. The standard InChI is InChI=1S/C11H10ClN3S/c1-7-4-14-11(15-5-7)16-9-3-10(12)13-6-8(9)2/h3-6H,1-2H3. The lowest BCUT2D eigenvalue weighted by Gasteiger charge is -2.04. The van der Waals surface area contributed by atoms with E-state index in [0.717, 1.165) is 21.2 Å². The molecule has 0 fully saturated rings. The summed E-state index contributed by atoms with van der Waals surface area (Å²) in [5.41, 5.74) is 2.12. The van der Waals surface area contributed by atoms with Gasteiger partial charge in [-0.1, -0.05) is 11.6 Å². The van der Waals surface area contributed by atoms with Crippen molar-refractivity contribution in [2.75, 3.05) is 0 Å². The molecule has 0 spiro atoms. The Kier molecular flexibility index (Phi) is 3.41. The summed E-state index contributed by atoms with van der Waals surface area (Å²) < 4.78 is 0. The number of hydrogen-bond donors (Lipinski definition) is 0. The van der Waals surface area contributed by atoms with Gasteiger partial charge in [-0.15, -0.1) is 0 Å². The van der Waals surface area contributed by atoms with E-state index in [-0.39, 0.29) is 0 Å². The average Bonchev–Trinajstić information content (AvgIpc) is 2.27. The van der Waals surface area contributed by atoms with Crippen LogP contribution in [0.2, 0.25) is 5.15 Å². The van der Waals surface area contributed by atoms with Crippen LogP contribution in [-0.4, -0.2) is 15.0 Å². The zero-order chi connectivity index (χ0) is 11.5. The van der Waals surface area contributed by atoms with Crippen molar-refractivity contribution in [3.8, 4) is 0 Å². The molecule has 2 heterocycles. The Morgan fingerprint density at radius 1 is 1.06 bits per heavy atom. The number of aromatic nitrogens is 3. The molecule has 2 rings (SSSR count). The first-order chi connectivity index (χ1) is 7.65. The van der Waals surface area contributed by atoms with E-state index in [0.29, 0.717) is 5.15 Å². The average molecular weight is 252 g/mol. The van der Waals surface area contributed by atoms with Gasteiger partial charge in [0.05, 0.1) is 0 Å². The quantitative estimate of drug-likeness (QED) is 0.606. The lowest BCUT2D eigenvalue weighted by Crippen LogP contribution is -1.88. The van der Waals surface area contributed by atoms with Gasteiger partial charge in [0.1, 0.15) is 5.15 Å². The molecular formula is C11H10ClN3S. The zero-order valence-corrected chi connectivity index (χ0v) is 10.5. The van der Waals surface area contributed by atoms with Gasteiger partial charge in [-0.3, -0.25) is 0 Å². The van der Waals surface area contributed by atoms with Crippen LogP contribution in [0.15, 0.2) is 34.7 Å². The van der Waals surface area contributed by atoms with Crippen molar-refractivity contribution in [3.63, 3.8) is 0 Å². The number of pyridine rings is 1. The second kappa shape index (κ2) is 4.80. The third-order valence-electron chi connectivity index (χ3n) is 1.98. The third kappa shape index (κ3) is 2.71. The summed E-state index contributed by atoms with van der Waals surface area (Å²) in [6.45, 7) is 3.95. The van der Waals surface area contributed by atoms with Crippen molar-refractivity contribution in [1.82, 2.24) is 15.0 Å². The fourth-order valence-electron chi connectivity index (χ4n) is 1.12. The smallest absolute Gasteiger partial charge is 0.192 e. The van der Waals surface area contributed by atoms with E-state index in [1.54, 1.807) is 18.6 Å². The SMILES string of the molecule is Cc1cnc(Sc2cc(Cl)ncc2C)nc1. The highest BCUT2D eigenvalue weighted by atomic mass is 35.5. The highest BCUT2D eigenvalue weighted by molar-refractivity contribution is 7.99. The van der Waals surface area contributed by atoms with Gasteiger partial charge in [0.15, 0.2) is 5.16 Å². The van der Waals surface area contributed by atoms with Gasteiger partial charge in [0.2, 0.25) is 0 Å². The summed E-state index contributed by atoms with van der Waals surface area (Å²) in [5.74, 6) is 0. The highest BCUT2D eigenvalue weighted by Crippen LogP contribution is 2.28. The second-order valence-corrected chi connectivity index (χ2v) is 4.81. The number of aryl methyl sites for hydroxylation is 2. The van der Waals surface area contributed by atoms with Gasteiger partial charge in [-0.2, -0.15) is 0 Å². The van der Waals surface area contributed by atoms with Crippen molar-refractivity contribution in [2.45, 2.75) is 23.9 Å². The topological polar surface area (TPSA) is 38.7 Å². The molecular weight excluding hydrogens is 242 g/mol. The zero-order valence-electron chi connectivity index (χ0n) is 8.94. The van der Waals surface area contributed by atoms with Crippen molar-refractivity contribution in [1.29, 1.82) is 0 Å². The highest BCUT2D eigenvalue weighted by Gasteiger charge is 2.04. The molecule has 0 aliphatic carbocycles. The lowest BCUT2D eigenvalue weighted by molar-refractivity contribution is 0.948. The Bertz CT molecular complexity index is 499. The number of halogens is 1. The largest absolute Gasteiger partial charge is 0.244 e. The van der Waals surface area contributed by atoms with Crippen LogP contribution in [-0.2, 0) is 0 Å².